The number of hydrogen-bond donors (Lipinski definition) is 0. The molecule has 4 heteroatoms. The van der Waals surface area contributed by atoms with E-state index < -0.39 is 11.6 Å². The van der Waals surface area contributed by atoms with E-state index in [2.05, 4.69) is 9.93 Å². The highest BCUT2D eigenvalue weighted by Gasteiger charge is 2.13. The first-order valence-corrected chi connectivity index (χ1v) is 4.31. The van der Waals surface area contributed by atoms with E-state index in [-0.39, 0.29) is 0 Å². The van der Waals surface area contributed by atoms with E-state index in [1.165, 1.54) is 6.08 Å². The lowest BCUT2D eigenvalue weighted by atomic mass is 10.2. The van der Waals surface area contributed by atoms with Crippen LogP contribution < -0.4 is 0 Å². The topological polar surface area (TPSA) is 44.8 Å². The highest BCUT2D eigenvalue weighted by atomic mass is 17.5. The van der Waals surface area contributed by atoms with Gasteiger partial charge in [-0.1, -0.05) is 18.2 Å². The van der Waals surface area contributed by atoms with Crippen LogP contribution in [0.25, 0.3) is 0 Å². The minimum absolute atomic E-state index is 0.507. The second kappa shape index (κ2) is 6.34. The van der Waals surface area contributed by atoms with Gasteiger partial charge in [-0.3, -0.25) is 4.89 Å². The molecule has 4 nitrogen and oxygen atoms in total. The predicted octanol–water partition coefficient (Wildman–Crippen LogP) is 2.32. The first-order chi connectivity index (χ1) is 6.45. The fourth-order valence-electron chi connectivity index (χ4n) is 0.426. The lowest BCUT2D eigenvalue weighted by Gasteiger charge is -2.14. The van der Waals surface area contributed by atoms with Gasteiger partial charge in [0, 0.05) is 6.08 Å². The average molecular weight is 200 g/mol. The molecule has 0 unspecified atom stereocenters. The van der Waals surface area contributed by atoms with Crippen LogP contribution in [0.1, 0.15) is 27.7 Å². The van der Waals surface area contributed by atoms with E-state index in [9.17, 15) is 4.79 Å². The molecule has 0 heterocycles. The van der Waals surface area contributed by atoms with Gasteiger partial charge < -0.3 is 0 Å². The van der Waals surface area contributed by atoms with Crippen molar-refractivity contribution in [3.63, 3.8) is 0 Å². The summed E-state index contributed by atoms with van der Waals surface area (Å²) in [5, 5.41) is 4.27. The largest absolute Gasteiger partial charge is 0.369 e. The number of hydrogen-bond acceptors (Lipinski definition) is 4. The summed E-state index contributed by atoms with van der Waals surface area (Å²) in [6, 6.07) is 0. The SMILES string of the molecule is CC=CC=CC(=O)OOOC(C)(C)C. The van der Waals surface area contributed by atoms with Gasteiger partial charge in [-0.05, 0) is 32.7 Å². The zero-order valence-corrected chi connectivity index (χ0v) is 8.94. The molecule has 0 radical (unpaired) electrons. The third kappa shape index (κ3) is 8.96. The number of rotatable bonds is 4. The molecule has 0 rings (SSSR count). The molecule has 0 aromatic rings. The Labute approximate surface area is 84.0 Å². The zero-order valence-electron chi connectivity index (χ0n) is 8.94. The van der Waals surface area contributed by atoms with Gasteiger partial charge in [0.2, 0.25) is 0 Å². The van der Waals surface area contributed by atoms with Gasteiger partial charge in [0.05, 0.1) is 5.60 Å². The smallest absolute Gasteiger partial charge is 0.264 e. The monoisotopic (exact) mass is 200 g/mol. The number of carbonyl (C=O) groups excluding carboxylic acids is 1. The van der Waals surface area contributed by atoms with Crippen molar-refractivity contribution in [3.8, 4) is 0 Å². The lowest BCUT2D eigenvalue weighted by Crippen LogP contribution is -2.20. The molecule has 80 valence electrons. The molecule has 0 spiro atoms. The average Bonchev–Trinajstić information content (AvgIpc) is 2.02. The van der Waals surface area contributed by atoms with Crippen LogP contribution in [0.2, 0.25) is 0 Å². The Balaban J connectivity index is 3.65. The van der Waals surface area contributed by atoms with E-state index in [1.54, 1.807) is 39.0 Å². The van der Waals surface area contributed by atoms with Gasteiger partial charge in [-0.2, -0.15) is 4.89 Å². The van der Waals surface area contributed by atoms with E-state index in [0.717, 1.165) is 0 Å². The fourth-order valence-corrected chi connectivity index (χ4v) is 0.426. The maximum absolute atomic E-state index is 10.9. The van der Waals surface area contributed by atoms with Crippen LogP contribution in [0, 0.1) is 0 Å². The normalized spacial score (nSPS) is 12.6. The van der Waals surface area contributed by atoms with Crippen LogP contribution in [-0.2, 0) is 19.6 Å². The van der Waals surface area contributed by atoms with Gasteiger partial charge in [-0.15, -0.1) is 0 Å². The van der Waals surface area contributed by atoms with Gasteiger partial charge in [0.15, 0.2) is 0 Å². The Morgan fingerprint density at radius 1 is 1.21 bits per heavy atom. The predicted molar refractivity (Wildman–Crippen MR) is 52.0 cm³/mol. The third-order valence-corrected chi connectivity index (χ3v) is 0.936. The van der Waals surface area contributed by atoms with Crippen LogP contribution in [0.3, 0.4) is 0 Å². The fraction of sp³-hybridized carbons (Fsp3) is 0.500. The maximum atomic E-state index is 10.9. The second-order valence-electron chi connectivity index (χ2n) is 3.55. The highest BCUT2D eigenvalue weighted by Crippen LogP contribution is 2.07. The van der Waals surface area contributed by atoms with E-state index >= 15 is 0 Å². The molecular formula is C10H16O4. The quantitative estimate of drug-likeness (QED) is 0.302. The molecule has 0 atom stereocenters. The third-order valence-electron chi connectivity index (χ3n) is 0.936. The summed E-state index contributed by atoms with van der Waals surface area (Å²) in [5.74, 6) is -0.618. The summed E-state index contributed by atoms with van der Waals surface area (Å²) in [6.45, 7) is 7.17. The van der Waals surface area contributed by atoms with Crippen molar-refractivity contribution in [3.05, 3.63) is 24.3 Å². The molecule has 14 heavy (non-hydrogen) atoms. The van der Waals surface area contributed by atoms with Gasteiger partial charge in [0.1, 0.15) is 0 Å². The molecule has 0 saturated heterocycles. The molecule has 0 bridgehead atoms. The van der Waals surface area contributed by atoms with Crippen LogP contribution in [-0.4, -0.2) is 11.6 Å². The molecule has 0 aliphatic heterocycles. The van der Waals surface area contributed by atoms with Crippen LogP contribution in [0.4, 0.5) is 0 Å². The minimum atomic E-state index is -0.618. The van der Waals surface area contributed by atoms with E-state index in [1.807, 2.05) is 6.92 Å². The molecular weight excluding hydrogens is 184 g/mol. The Morgan fingerprint density at radius 2 is 1.86 bits per heavy atom. The molecule has 0 aromatic carbocycles. The molecule has 0 fully saturated rings. The van der Waals surface area contributed by atoms with Crippen molar-refractivity contribution < 1.29 is 19.6 Å². The Kier molecular flexibility index (Phi) is 5.83. The molecule has 0 saturated carbocycles. The Bertz CT molecular complexity index is 223. The molecule has 0 aliphatic carbocycles. The molecule has 0 N–H and O–H groups in total. The molecule has 0 amide bonds. The summed E-state index contributed by atoms with van der Waals surface area (Å²) < 4.78 is 0. The summed E-state index contributed by atoms with van der Waals surface area (Å²) >= 11 is 0. The highest BCUT2D eigenvalue weighted by molar-refractivity contribution is 5.81. The number of carbonyl (C=O) groups is 1. The first-order valence-electron chi connectivity index (χ1n) is 4.31. The maximum Gasteiger partial charge on any atom is 0.369 e. The summed E-state index contributed by atoms with van der Waals surface area (Å²) in [7, 11) is 0. The van der Waals surface area contributed by atoms with Crippen molar-refractivity contribution in [1.82, 2.24) is 0 Å². The van der Waals surface area contributed by atoms with Crippen LogP contribution in [0.15, 0.2) is 24.3 Å². The van der Waals surface area contributed by atoms with Gasteiger partial charge in [0.25, 0.3) is 0 Å². The Hall–Kier alpha value is -1.13. The minimum Gasteiger partial charge on any atom is -0.264 e. The summed E-state index contributed by atoms with van der Waals surface area (Å²) in [5.41, 5.74) is -0.507. The van der Waals surface area contributed by atoms with Crippen LogP contribution >= 0.6 is 0 Å². The van der Waals surface area contributed by atoms with Crippen LogP contribution in [0.5, 0.6) is 0 Å². The van der Waals surface area contributed by atoms with Crippen molar-refractivity contribution in [1.29, 1.82) is 0 Å². The Morgan fingerprint density at radius 3 is 2.36 bits per heavy atom. The number of allylic oxidation sites excluding steroid dienone is 3. The van der Waals surface area contributed by atoms with E-state index in [4.69, 9.17) is 4.89 Å². The van der Waals surface area contributed by atoms with E-state index in [0.29, 0.717) is 0 Å². The lowest BCUT2D eigenvalue weighted by molar-refractivity contribution is -0.513. The van der Waals surface area contributed by atoms with Gasteiger partial charge in [-0.25, -0.2) is 4.79 Å². The molecule has 0 aliphatic rings. The van der Waals surface area contributed by atoms with Crippen molar-refractivity contribution in [2.45, 2.75) is 33.3 Å². The van der Waals surface area contributed by atoms with Gasteiger partial charge >= 0.3 is 5.97 Å². The van der Waals surface area contributed by atoms with Crippen molar-refractivity contribution in [2.75, 3.05) is 0 Å². The second-order valence-corrected chi connectivity index (χ2v) is 3.55. The standard InChI is InChI=1S/C10H16O4/c1-5-6-7-8-9(11)12-14-13-10(2,3)4/h5-8H,1-4H3. The zero-order chi connectivity index (χ0) is 11.0. The van der Waals surface area contributed by atoms with Crippen molar-refractivity contribution in [2.24, 2.45) is 0 Å². The molecule has 0 aromatic heterocycles. The summed E-state index contributed by atoms with van der Waals surface area (Å²) in [6.07, 6.45) is 6.26. The van der Waals surface area contributed by atoms with Crippen molar-refractivity contribution >= 4 is 5.97 Å². The summed E-state index contributed by atoms with van der Waals surface area (Å²) in [4.78, 5) is 19.8. The first kappa shape index (κ1) is 12.9.